The van der Waals surface area contributed by atoms with Crippen LogP contribution in [0.2, 0.25) is 0 Å². The summed E-state index contributed by atoms with van der Waals surface area (Å²) in [6.45, 7) is 2.94. The molecular weight excluding hydrogens is 272 g/mol. The maximum Gasteiger partial charge on any atom is 0.320 e. The molecule has 0 aromatic heterocycles. The van der Waals surface area contributed by atoms with E-state index in [0.717, 1.165) is 25.7 Å². The average Bonchev–Trinajstić information content (AvgIpc) is 3.13. The van der Waals surface area contributed by atoms with E-state index in [1.54, 1.807) is 9.80 Å². The monoisotopic (exact) mass is 298 g/mol. The number of amides is 2. The van der Waals surface area contributed by atoms with E-state index >= 15 is 0 Å². The highest BCUT2D eigenvalue weighted by molar-refractivity contribution is 5.80. The number of carbonyl (C=O) groups excluding carboxylic acids is 1. The number of carbonyl (C=O) groups is 2. The van der Waals surface area contributed by atoms with Crippen molar-refractivity contribution in [2.75, 3.05) is 26.2 Å². The zero-order chi connectivity index (χ0) is 15.5. The van der Waals surface area contributed by atoms with E-state index in [9.17, 15) is 19.8 Å². The zero-order valence-corrected chi connectivity index (χ0v) is 12.8. The van der Waals surface area contributed by atoms with Gasteiger partial charge in [0, 0.05) is 25.7 Å². The Morgan fingerprint density at radius 3 is 2.48 bits per heavy atom. The van der Waals surface area contributed by atoms with Crippen LogP contribution in [0, 0.1) is 5.41 Å². The quantitative estimate of drug-likeness (QED) is 0.806. The molecule has 1 saturated heterocycles. The second-order valence-electron chi connectivity index (χ2n) is 6.25. The van der Waals surface area contributed by atoms with Crippen LogP contribution in [-0.4, -0.2) is 64.3 Å². The van der Waals surface area contributed by atoms with Crippen molar-refractivity contribution in [3.8, 4) is 0 Å². The molecule has 0 aromatic rings. The van der Waals surface area contributed by atoms with E-state index in [1.807, 2.05) is 6.92 Å². The van der Waals surface area contributed by atoms with Crippen LogP contribution in [0.1, 0.15) is 45.4 Å². The lowest BCUT2D eigenvalue weighted by molar-refractivity contribution is -0.148. The SMILES string of the molecule is CCC1(C(=O)O)CCN(C(=O)N(CCO)C2CCCC2)C1. The summed E-state index contributed by atoms with van der Waals surface area (Å²) in [4.78, 5) is 27.6. The van der Waals surface area contributed by atoms with Gasteiger partial charge >= 0.3 is 12.0 Å². The van der Waals surface area contributed by atoms with Crippen molar-refractivity contribution < 1.29 is 19.8 Å². The third-order valence-corrected chi connectivity index (χ3v) is 5.11. The van der Waals surface area contributed by atoms with Gasteiger partial charge in [0.2, 0.25) is 0 Å². The summed E-state index contributed by atoms with van der Waals surface area (Å²) < 4.78 is 0. The minimum absolute atomic E-state index is 0.0477. The van der Waals surface area contributed by atoms with E-state index in [1.165, 1.54) is 0 Å². The number of carboxylic acid groups (broad SMARTS) is 1. The van der Waals surface area contributed by atoms with Gasteiger partial charge in [-0.2, -0.15) is 0 Å². The molecule has 0 spiro atoms. The minimum Gasteiger partial charge on any atom is -0.481 e. The molecule has 0 radical (unpaired) electrons. The third kappa shape index (κ3) is 3.15. The van der Waals surface area contributed by atoms with Gasteiger partial charge in [-0.1, -0.05) is 19.8 Å². The number of hydrogen-bond acceptors (Lipinski definition) is 3. The van der Waals surface area contributed by atoms with E-state index in [0.29, 0.717) is 25.9 Å². The predicted molar refractivity (Wildman–Crippen MR) is 78.0 cm³/mol. The van der Waals surface area contributed by atoms with Crippen molar-refractivity contribution in [3.63, 3.8) is 0 Å². The van der Waals surface area contributed by atoms with Crippen LogP contribution >= 0.6 is 0 Å². The first kappa shape index (κ1) is 16.1. The van der Waals surface area contributed by atoms with Gasteiger partial charge in [0.15, 0.2) is 0 Å². The van der Waals surface area contributed by atoms with E-state index < -0.39 is 11.4 Å². The molecule has 0 bridgehead atoms. The summed E-state index contributed by atoms with van der Waals surface area (Å²) in [7, 11) is 0. The first-order chi connectivity index (χ1) is 10.0. The highest BCUT2D eigenvalue weighted by Crippen LogP contribution is 2.35. The number of carboxylic acids is 1. The van der Waals surface area contributed by atoms with E-state index in [2.05, 4.69) is 0 Å². The van der Waals surface area contributed by atoms with Crippen molar-refractivity contribution in [1.82, 2.24) is 9.80 Å². The molecule has 21 heavy (non-hydrogen) atoms. The Morgan fingerprint density at radius 2 is 2.00 bits per heavy atom. The van der Waals surface area contributed by atoms with Crippen LogP contribution in [-0.2, 0) is 4.79 Å². The molecule has 2 amide bonds. The number of nitrogens with zero attached hydrogens (tertiary/aromatic N) is 2. The molecule has 1 heterocycles. The Bertz CT molecular complexity index is 395. The molecule has 1 unspecified atom stereocenters. The summed E-state index contributed by atoms with van der Waals surface area (Å²) in [6.07, 6.45) is 5.26. The lowest BCUT2D eigenvalue weighted by Crippen LogP contribution is -2.48. The molecule has 1 aliphatic heterocycles. The minimum atomic E-state index is -0.810. The van der Waals surface area contributed by atoms with Crippen molar-refractivity contribution in [3.05, 3.63) is 0 Å². The third-order valence-electron chi connectivity index (χ3n) is 5.11. The number of hydrogen-bond donors (Lipinski definition) is 2. The van der Waals surface area contributed by atoms with Gasteiger partial charge in [0.25, 0.3) is 0 Å². The fraction of sp³-hybridized carbons (Fsp3) is 0.867. The molecule has 6 heteroatoms. The largest absolute Gasteiger partial charge is 0.481 e. The molecule has 6 nitrogen and oxygen atoms in total. The predicted octanol–water partition coefficient (Wildman–Crippen LogP) is 1.53. The Labute approximate surface area is 125 Å². The number of likely N-dealkylation sites (tertiary alicyclic amines) is 1. The molecule has 2 aliphatic rings. The Balaban J connectivity index is 2.06. The lowest BCUT2D eigenvalue weighted by Gasteiger charge is -2.33. The fourth-order valence-electron chi connectivity index (χ4n) is 3.59. The van der Waals surface area contributed by atoms with Crippen molar-refractivity contribution in [2.24, 2.45) is 5.41 Å². The summed E-state index contributed by atoms with van der Waals surface area (Å²) in [5.41, 5.74) is -0.795. The van der Waals surface area contributed by atoms with Crippen LogP contribution in [0.4, 0.5) is 4.79 Å². The molecule has 1 saturated carbocycles. The maximum absolute atomic E-state index is 12.7. The van der Waals surface area contributed by atoms with Crippen molar-refractivity contribution in [1.29, 1.82) is 0 Å². The van der Waals surface area contributed by atoms with E-state index in [-0.39, 0.29) is 25.2 Å². The molecule has 2 rings (SSSR count). The smallest absolute Gasteiger partial charge is 0.320 e. The number of aliphatic carboxylic acids is 1. The Morgan fingerprint density at radius 1 is 1.33 bits per heavy atom. The van der Waals surface area contributed by atoms with Gasteiger partial charge in [-0.3, -0.25) is 4.79 Å². The highest BCUT2D eigenvalue weighted by atomic mass is 16.4. The second kappa shape index (κ2) is 6.64. The van der Waals surface area contributed by atoms with Gasteiger partial charge in [-0.15, -0.1) is 0 Å². The van der Waals surface area contributed by atoms with E-state index in [4.69, 9.17) is 0 Å². The molecule has 0 aromatic carbocycles. The van der Waals surface area contributed by atoms with Crippen LogP contribution in [0.3, 0.4) is 0 Å². The normalized spacial score (nSPS) is 26.3. The molecule has 1 aliphatic carbocycles. The number of urea groups is 1. The standard InChI is InChI=1S/C15H26N2O4/c1-2-15(13(19)20)7-8-16(11-15)14(21)17(9-10-18)12-5-3-4-6-12/h12,18H,2-11H2,1H3,(H,19,20). The fourth-order valence-corrected chi connectivity index (χ4v) is 3.59. The maximum atomic E-state index is 12.7. The van der Waals surface area contributed by atoms with Crippen LogP contribution in [0.25, 0.3) is 0 Å². The molecule has 2 N–H and O–H groups in total. The second-order valence-corrected chi connectivity index (χ2v) is 6.25. The van der Waals surface area contributed by atoms with Crippen LogP contribution in [0.15, 0.2) is 0 Å². The number of aliphatic hydroxyl groups excluding tert-OH is 1. The molecule has 120 valence electrons. The van der Waals surface area contributed by atoms with Gasteiger partial charge in [0.1, 0.15) is 0 Å². The average molecular weight is 298 g/mol. The van der Waals surface area contributed by atoms with Crippen molar-refractivity contribution in [2.45, 2.75) is 51.5 Å². The summed E-state index contributed by atoms with van der Waals surface area (Å²) >= 11 is 0. The number of rotatable bonds is 5. The topological polar surface area (TPSA) is 81.1 Å². The van der Waals surface area contributed by atoms with Gasteiger partial charge in [-0.05, 0) is 25.7 Å². The van der Waals surface area contributed by atoms with Crippen LogP contribution < -0.4 is 0 Å². The Hall–Kier alpha value is -1.30. The summed E-state index contributed by atoms with van der Waals surface area (Å²) in [5.74, 6) is -0.810. The molecule has 1 atom stereocenters. The van der Waals surface area contributed by atoms with Gasteiger partial charge in [0.05, 0.1) is 12.0 Å². The molecule has 2 fully saturated rings. The Kier molecular flexibility index (Phi) is 5.08. The highest BCUT2D eigenvalue weighted by Gasteiger charge is 2.46. The van der Waals surface area contributed by atoms with Gasteiger partial charge in [-0.25, -0.2) is 4.79 Å². The summed E-state index contributed by atoms with van der Waals surface area (Å²) in [6, 6.07) is 0.0960. The van der Waals surface area contributed by atoms with Crippen molar-refractivity contribution >= 4 is 12.0 Å². The first-order valence-electron chi connectivity index (χ1n) is 7.94. The van der Waals surface area contributed by atoms with Gasteiger partial charge < -0.3 is 20.0 Å². The van der Waals surface area contributed by atoms with Crippen LogP contribution in [0.5, 0.6) is 0 Å². The summed E-state index contributed by atoms with van der Waals surface area (Å²) in [5, 5.41) is 18.6. The molecular formula is C15H26N2O4. The first-order valence-corrected chi connectivity index (χ1v) is 7.94. The number of aliphatic hydroxyl groups is 1. The zero-order valence-electron chi connectivity index (χ0n) is 12.8. The lowest BCUT2D eigenvalue weighted by atomic mass is 9.84.